The van der Waals surface area contributed by atoms with Crippen LogP contribution in [0.3, 0.4) is 0 Å². The first-order valence-corrected chi connectivity index (χ1v) is 9.28. The molecular formula is C21H24O7. The van der Waals surface area contributed by atoms with Gasteiger partial charge in [0.25, 0.3) is 5.60 Å². The molecule has 1 fully saturated rings. The van der Waals surface area contributed by atoms with Crippen molar-refractivity contribution in [1.82, 2.24) is 0 Å². The van der Waals surface area contributed by atoms with Crippen molar-refractivity contribution >= 4 is 17.5 Å². The molecule has 1 aromatic rings. The lowest BCUT2D eigenvalue weighted by atomic mass is 9.71. The lowest BCUT2D eigenvalue weighted by Gasteiger charge is -2.24. The maximum absolute atomic E-state index is 13.3. The number of rotatable bonds is 8. The second kappa shape index (κ2) is 7.58. The van der Waals surface area contributed by atoms with Gasteiger partial charge >= 0.3 is 5.97 Å². The third-order valence-corrected chi connectivity index (χ3v) is 5.39. The van der Waals surface area contributed by atoms with Crippen LogP contribution in [-0.4, -0.2) is 58.8 Å². The third kappa shape index (κ3) is 2.90. The molecule has 0 saturated carbocycles. The number of ether oxygens (including phenoxy) is 2. The number of ketones is 2. The van der Waals surface area contributed by atoms with Crippen molar-refractivity contribution in [3.8, 4) is 0 Å². The van der Waals surface area contributed by atoms with E-state index in [1.807, 2.05) is 0 Å². The molecule has 1 heterocycles. The van der Waals surface area contributed by atoms with E-state index in [2.05, 4.69) is 0 Å². The molecule has 28 heavy (non-hydrogen) atoms. The molecule has 0 bridgehead atoms. The Balaban J connectivity index is 2.01. The Morgan fingerprint density at radius 3 is 2.29 bits per heavy atom. The van der Waals surface area contributed by atoms with Crippen LogP contribution in [0.15, 0.2) is 35.4 Å². The lowest BCUT2D eigenvalue weighted by molar-refractivity contribution is -0.148. The topological polar surface area (TPSA) is 113 Å². The van der Waals surface area contributed by atoms with E-state index in [0.29, 0.717) is 18.4 Å². The van der Waals surface area contributed by atoms with E-state index in [-0.39, 0.29) is 37.4 Å². The molecule has 2 aliphatic rings. The summed E-state index contributed by atoms with van der Waals surface area (Å²) in [5.74, 6) is -1.95. The normalized spacial score (nSPS) is 25.0. The number of esters is 1. The number of Topliss-reactive ketones (excluding diaryl/α,β-unsaturated/α-hetero) is 2. The SMILES string of the molecule is CC(C)=C(CO)CC12OC1(C(=O)OCCCCO)C(=O)c1ccccc1C2=O. The first kappa shape index (κ1) is 20.4. The van der Waals surface area contributed by atoms with Gasteiger partial charge in [0.1, 0.15) is 0 Å². The molecule has 7 heteroatoms. The quantitative estimate of drug-likeness (QED) is 0.229. The van der Waals surface area contributed by atoms with Crippen molar-refractivity contribution < 1.29 is 34.1 Å². The summed E-state index contributed by atoms with van der Waals surface area (Å²) in [4.78, 5) is 39.3. The van der Waals surface area contributed by atoms with Crippen LogP contribution in [0.1, 0.15) is 53.8 Å². The highest BCUT2D eigenvalue weighted by molar-refractivity contribution is 6.32. The van der Waals surface area contributed by atoms with Gasteiger partial charge in [0.05, 0.1) is 13.2 Å². The van der Waals surface area contributed by atoms with Crippen LogP contribution in [0.2, 0.25) is 0 Å². The van der Waals surface area contributed by atoms with Crippen LogP contribution in [0.4, 0.5) is 0 Å². The van der Waals surface area contributed by atoms with E-state index in [1.165, 1.54) is 12.1 Å². The van der Waals surface area contributed by atoms with Gasteiger partial charge < -0.3 is 19.7 Å². The molecule has 2 N–H and O–H groups in total. The molecule has 1 aromatic carbocycles. The minimum absolute atomic E-state index is 0.0131. The van der Waals surface area contributed by atoms with E-state index in [9.17, 15) is 19.5 Å². The number of benzene rings is 1. The van der Waals surface area contributed by atoms with Crippen LogP contribution < -0.4 is 0 Å². The standard InChI is InChI=1S/C21H24O7/c1-13(2)14(12-23)11-20-17(24)15-7-3-4-8-16(15)18(25)21(20,28-20)19(26)27-10-6-5-9-22/h3-4,7-8,22-23H,5-6,9-12H2,1-2H3. The van der Waals surface area contributed by atoms with Crippen molar-refractivity contribution in [3.63, 3.8) is 0 Å². The van der Waals surface area contributed by atoms with Gasteiger partial charge in [0.2, 0.25) is 5.78 Å². The summed E-state index contributed by atoms with van der Waals surface area (Å²) < 4.78 is 10.9. The van der Waals surface area contributed by atoms with Gasteiger partial charge in [-0.1, -0.05) is 29.8 Å². The Labute approximate surface area is 163 Å². The minimum Gasteiger partial charge on any atom is -0.463 e. The van der Waals surface area contributed by atoms with Gasteiger partial charge in [-0.25, -0.2) is 4.79 Å². The molecule has 0 aromatic heterocycles. The number of aliphatic hydroxyl groups is 2. The second-order valence-corrected chi connectivity index (χ2v) is 7.32. The van der Waals surface area contributed by atoms with Crippen molar-refractivity contribution in [2.45, 2.75) is 44.3 Å². The average molecular weight is 388 g/mol. The van der Waals surface area contributed by atoms with E-state index in [4.69, 9.17) is 14.6 Å². The number of fused-ring (bicyclic) bond motifs is 2. The molecule has 0 radical (unpaired) electrons. The molecular weight excluding hydrogens is 364 g/mol. The molecule has 1 aliphatic heterocycles. The number of aliphatic hydroxyl groups excluding tert-OH is 2. The van der Waals surface area contributed by atoms with Crippen LogP contribution in [0, 0.1) is 0 Å². The lowest BCUT2D eigenvalue weighted by Crippen LogP contribution is -2.51. The number of carbonyl (C=O) groups is 3. The van der Waals surface area contributed by atoms with E-state index in [0.717, 1.165) is 5.57 Å². The molecule has 1 aliphatic carbocycles. The number of carbonyl (C=O) groups excluding carboxylic acids is 3. The molecule has 2 atom stereocenters. The number of unbranched alkanes of at least 4 members (excludes halogenated alkanes) is 1. The Bertz CT molecular complexity index is 852. The van der Waals surface area contributed by atoms with Crippen molar-refractivity contribution in [1.29, 1.82) is 0 Å². The Kier molecular flexibility index (Phi) is 5.52. The summed E-state index contributed by atoms with van der Waals surface area (Å²) in [6, 6.07) is 6.30. The largest absolute Gasteiger partial charge is 0.463 e. The monoisotopic (exact) mass is 388 g/mol. The van der Waals surface area contributed by atoms with Crippen LogP contribution in [0.25, 0.3) is 0 Å². The molecule has 1 saturated heterocycles. The fourth-order valence-electron chi connectivity index (χ4n) is 3.67. The average Bonchev–Trinajstić information content (AvgIpc) is 3.39. The van der Waals surface area contributed by atoms with Crippen molar-refractivity contribution in [2.75, 3.05) is 19.8 Å². The number of allylic oxidation sites excluding steroid dienone is 1. The Hall–Kier alpha value is -2.35. The number of epoxide rings is 1. The van der Waals surface area contributed by atoms with Crippen molar-refractivity contribution in [3.05, 3.63) is 46.5 Å². The maximum atomic E-state index is 13.3. The van der Waals surface area contributed by atoms with Gasteiger partial charge in [-0.3, -0.25) is 9.59 Å². The molecule has 0 amide bonds. The number of hydrogen-bond donors (Lipinski definition) is 2. The Morgan fingerprint density at radius 2 is 1.71 bits per heavy atom. The zero-order valence-electron chi connectivity index (χ0n) is 16.0. The van der Waals surface area contributed by atoms with E-state index >= 15 is 0 Å². The highest BCUT2D eigenvalue weighted by Crippen LogP contribution is 2.59. The summed E-state index contributed by atoms with van der Waals surface area (Å²) in [7, 11) is 0. The summed E-state index contributed by atoms with van der Waals surface area (Å²) in [6.45, 7) is 3.23. The first-order chi connectivity index (χ1) is 13.4. The van der Waals surface area contributed by atoms with E-state index < -0.39 is 28.7 Å². The Morgan fingerprint density at radius 1 is 1.07 bits per heavy atom. The zero-order chi connectivity index (χ0) is 20.5. The highest BCUT2D eigenvalue weighted by Gasteiger charge is 2.85. The smallest absolute Gasteiger partial charge is 0.350 e. The van der Waals surface area contributed by atoms with Gasteiger partial charge in [-0.2, -0.15) is 0 Å². The van der Waals surface area contributed by atoms with Crippen LogP contribution in [-0.2, 0) is 14.3 Å². The predicted molar refractivity (Wildman–Crippen MR) is 99.0 cm³/mol. The fourth-order valence-corrected chi connectivity index (χ4v) is 3.67. The highest BCUT2D eigenvalue weighted by atomic mass is 16.7. The first-order valence-electron chi connectivity index (χ1n) is 9.28. The summed E-state index contributed by atoms with van der Waals surface area (Å²) in [5.41, 5.74) is -2.04. The number of hydrogen-bond acceptors (Lipinski definition) is 7. The molecule has 0 spiro atoms. The van der Waals surface area contributed by atoms with Crippen LogP contribution >= 0.6 is 0 Å². The van der Waals surface area contributed by atoms with Crippen LogP contribution in [0.5, 0.6) is 0 Å². The predicted octanol–water partition coefficient (Wildman–Crippen LogP) is 1.61. The van der Waals surface area contributed by atoms with Gasteiger partial charge in [-0.15, -0.1) is 0 Å². The third-order valence-electron chi connectivity index (χ3n) is 5.39. The second-order valence-electron chi connectivity index (χ2n) is 7.32. The summed E-state index contributed by atoms with van der Waals surface area (Å²) in [5, 5.41) is 18.5. The molecule has 150 valence electrons. The maximum Gasteiger partial charge on any atom is 0.350 e. The fraction of sp³-hybridized carbons (Fsp3) is 0.476. The minimum atomic E-state index is -2.02. The van der Waals surface area contributed by atoms with Gasteiger partial charge in [-0.05, 0) is 32.3 Å². The molecule has 7 nitrogen and oxygen atoms in total. The van der Waals surface area contributed by atoms with Gasteiger partial charge in [0.15, 0.2) is 11.4 Å². The summed E-state index contributed by atoms with van der Waals surface area (Å²) >= 11 is 0. The van der Waals surface area contributed by atoms with Crippen molar-refractivity contribution in [2.24, 2.45) is 0 Å². The molecule has 2 unspecified atom stereocenters. The molecule has 3 rings (SSSR count). The summed E-state index contributed by atoms with van der Waals surface area (Å²) in [6.07, 6.45) is 0.824. The zero-order valence-corrected chi connectivity index (χ0v) is 16.0. The van der Waals surface area contributed by atoms with E-state index in [1.54, 1.807) is 26.0 Å². The van der Waals surface area contributed by atoms with Gasteiger partial charge in [0, 0.05) is 24.2 Å².